The molecule has 3 rings (SSSR count). The minimum absolute atomic E-state index is 0.173. The van der Waals surface area contributed by atoms with Crippen LogP contribution in [0.3, 0.4) is 0 Å². The van der Waals surface area contributed by atoms with E-state index in [0.29, 0.717) is 12.2 Å². The van der Waals surface area contributed by atoms with Gasteiger partial charge in [0.15, 0.2) is 0 Å². The molecule has 1 unspecified atom stereocenters. The van der Waals surface area contributed by atoms with E-state index >= 15 is 0 Å². The second-order valence-corrected chi connectivity index (χ2v) is 7.77. The van der Waals surface area contributed by atoms with E-state index in [-0.39, 0.29) is 6.16 Å². The van der Waals surface area contributed by atoms with Gasteiger partial charge in [-0.25, -0.2) is 4.57 Å². The number of aryl methyl sites for hydroxylation is 1. The van der Waals surface area contributed by atoms with Crippen molar-refractivity contribution in [2.24, 2.45) is 0 Å². The van der Waals surface area contributed by atoms with Crippen molar-refractivity contribution in [3.05, 3.63) is 78.4 Å². The number of unbranched alkanes of at least 4 members (excludes halogenated alkanes) is 1. The molecule has 0 amide bonds. The van der Waals surface area contributed by atoms with E-state index in [9.17, 15) is 9.46 Å². The molecule has 0 aliphatic rings. The maximum Gasteiger partial charge on any atom is 0.376 e. The molecule has 3 aromatic rings. The van der Waals surface area contributed by atoms with Crippen molar-refractivity contribution in [2.45, 2.75) is 19.3 Å². The van der Waals surface area contributed by atoms with Gasteiger partial charge in [0.05, 0.1) is 6.16 Å². The zero-order valence-corrected chi connectivity index (χ0v) is 14.4. The first-order chi connectivity index (χ1) is 11.6. The van der Waals surface area contributed by atoms with Crippen LogP contribution in [0.1, 0.15) is 18.4 Å². The van der Waals surface area contributed by atoms with Crippen molar-refractivity contribution in [1.29, 1.82) is 0 Å². The fourth-order valence-electron chi connectivity index (χ4n) is 2.83. The van der Waals surface area contributed by atoms with Gasteiger partial charge in [-0.3, -0.25) is 0 Å². The van der Waals surface area contributed by atoms with Crippen molar-refractivity contribution in [1.82, 2.24) is 0 Å². The Morgan fingerprint density at radius 1 is 0.833 bits per heavy atom. The Balaban J connectivity index is 1.54. The van der Waals surface area contributed by atoms with E-state index in [4.69, 9.17) is 4.52 Å². The average Bonchev–Trinajstić information content (AvgIpc) is 2.59. The molecule has 0 saturated heterocycles. The van der Waals surface area contributed by atoms with Crippen LogP contribution in [0, 0.1) is 0 Å². The van der Waals surface area contributed by atoms with Crippen molar-refractivity contribution < 1.29 is 14.0 Å². The van der Waals surface area contributed by atoms with Crippen LogP contribution in [-0.4, -0.2) is 11.1 Å². The van der Waals surface area contributed by atoms with Crippen LogP contribution in [0.15, 0.2) is 72.8 Å². The van der Waals surface area contributed by atoms with Gasteiger partial charge in [0.1, 0.15) is 5.75 Å². The molecular weight excluding hydrogens is 319 g/mol. The molecule has 1 N–H and O–H groups in total. The van der Waals surface area contributed by atoms with E-state index in [0.717, 1.165) is 12.8 Å². The molecule has 0 saturated carbocycles. The van der Waals surface area contributed by atoms with Crippen LogP contribution in [-0.2, 0) is 11.0 Å². The molecule has 3 aromatic carbocycles. The molecule has 4 heteroatoms. The summed E-state index contributed by atoms with van der Waals surface area (Å²) in [6, 6.07) is 23.4. The van der Waals surface area contributed by atoms with Crippen molar-refractivity contribution in [2.75, 3.05) is 6.16 Å². The molecule has 0 aliphatic carbocycles. The number of fused-ring (bicyclic) bond motifs is 1. The number of rotatable bonds is 7. The fraction of sp³-hybridized carbons (Fsp3) is 0.200. The monoisotopic (exact) mass is 340 g/mol. The van der Waals surface area contributed by atoms with Gasteiger partial charge in [-0.05, 0) is 47.7 Å². The van der Waals surface area contributed by atoms with Gasteiger partial charge in [-0.15, -0.1) is 0 Å². The van der Waals surface area contributed by atoms with E-state index in [1.165, 1.54) is 16.3 Å². The summed E-state index contributed by atoms with van der Waals surface area (Å²) in [5, 5.41) is 2.49. The first-order valence-electron chi connectivity index (χ1n) is 8.17. The van der Waals surface area contributed by atoms with Gasteiger partial charge in [-0.2, -0.15) is 0 Å². The highest BCUT2D eigenvalue weighted by molar-refractivity contribution is 7.53. The molecule has 0 fully saturated rings. The molecule has 0 bridgehead atoms. The maximum absolute atomic E-state index is 12.1. The Kier molecular flexibility index (Phi) is 5.34. The summed E-state index contributed by atoms with van der Waals surface area (Å²) in [7, 11) is -3.58. The molecule has 0 heterocycles. The summed E-state index contributed by atoms with van der Waals surface area (Å²) in [5.41, 5.74) is 1.28. The second kappa shape index (κ2) is 7.65. The lowest BCUT2D eigenvalue weighted by molar-refractivity contribution is 0.377. The number of benzene rings is 3. The third-order valence-corrected chi connectivity index (χ3v) is 5.39. The predicted molar refractivity (Wildman–Crippen MR) is 98.6 cm³/mol. The first kappa shape index (κ1) is 16.8. The largest absolute Gasteiger partial charge is 0.424 e. The summed E-state index contributed by atoms with van der Waals surface area (Å²) in [6.07, 6.45) is 2.58. The summed E-state index contributed by atoms with van der Waals surface area (Å²) < 4.78 is 17.4. The number of hydrogen-bond donors (Lipinski definition) is 1. The maximum atomic E-state index is 12.1. The van der Waals surface area contributed by atoms with Gasteiger partial charge < -0.3 is 9.42 Å². The van der Waals surface area contributed by atoms with Crippen LogP contribution >= 0.6 is 7.60 Å². The SMILES string of the molecule is O=P(O)(CCCCc1cccc2ccccc12)Oc1ccccc1. The molecule has 0 aliphatic heterocycles. The second-order valence-electron chi connectivity index (χ2n) is 5.86. The van der Waals surface area contributed by atoms with Gasteiger partial charge in [0.25, 0.3) is 0 Å². The molecule has 1 atom stereocenters. The quantitative estimate of drug-likeness (QED) is 0.461. The predicted octanol–water partition coefficient (Wildman–Crippen LogP) is 5.43. The van der Waals surface area contributed by atoms with E-state index in [1.54, 1.807) is 24.3 Å². The van der Waals surface area contributed by atoms with Crippen molar-refractivity contribution in [3.8, 4) is 5.75 Å². The van der Waals surface area contributed by atoms with Crippen LogP contribution < -0.4 is 4.52 Å². The lowest BCUT2D eigenvalue weighted by Gasteiger charge is -2.13. The summed E-state index contributed by atoms with van der Waals surface area (Å²) in [4.78, 5) is 9.97. The lowest BCUT2D eigenvalue weighted by Crippen LogP contribution is -1.98. The third kappa shape index (κ3) is 4.47. The highest BCUT2D eigenvalue weighted by Crippen LogP contribution is 2.43. The number of para-hydroxylation sites is 1. The summed E-state index contributed by atoms with van der Waals surface area (Å²) >= 11 is 0. The molecule has 0 aromatic heterocycles. The van der Waals surface area contributed by atoms with Gasteiger partial charge in [-0.1, -0.05) is 60.7 Å². The Morgan fingerprint density at radius 2 is 1.54 bits per heavy atom. The van der Waals surface area contributed by atoms with E-state index < -0.39 is 7.60 Å². The normalized spacial score (nSPS) is 13.5. The summed E-state index contributed by atoms with van der Waals surface area (Å²) in [6.45, 7) is 0. The Labute approximate surface area is 142 Å². The van der Waals surface area contributed by atoms with Crippen LogP contribution in [0.4, 0.5) is 0 Å². The van der Waals surface area contributed by atoms with E-state index in [1.807, 2.05) is 18.2 Å². The molecular formula is C20H21O3P. The third-order valence-electron chi connectivity index (χ3n) is 4.01. The highest BCUT2D eigenvalue weighted by Gasteiger charge is 2.20. The zero-order valence-electron chi connectivity index (χ0n) is 13.5. The first-order valence-corrected chi connectivity index (χ1v) is 9.93. The minimum Gasteiger partial charge on any atom is -0.424 e. The Morgan fingerprint density at radius 3 is 2.38 bits per heavy atom. The molecule has 0 radical (unpaired) electrons. The van der Waals surface area contributed by atoms with Crippen molar-refractivity contribution in [3.63, 3.8) is 0 Å². The zero-order chi connectivity index (χ0) is 16.8. The Hall–Kier alpha value is -2.09. The van der Waals surface area contributed by atoms with Gasteiger partial charge >= 0.3 is 7.60 Å². The smallest absolute Gasteiger partial charge is 0.376 e. The standard InChI is InChI=1S/C20H21O3P/c21-24(22,23-19-13-2-1-3-14-19)16-7-6-10-18-12-8-11-17-9-4-5-15-20(17)18/h1-5,8-9,11-15H,6-7,10,16H2,(H,21,22). The summed E-state index contributed by atoms with van der Waals surface area (Å²) in [5.74, 6) is 0.442. The molecule has 0 spiro atoms. The van der Waals surface area contributed by atoms with Crippen LogP contribution in [0.5, 0.6) is 5.75 Å². The lowest BCUT2D eigenvalue weighted by atomic mass is 10.0. The highest BCUT2D eigenvalue weighted by atomic mass is 31.2. The minimum atomic E-state index is -3.58. The molecule has 3 nitrogen and oxygen atoms in total. The molecule has 24 heavy (non-hydrogen) atoms. The van der Waals surface area contributed by atoms with Crippen molar-refractivity contribution >= 4 is 18.4 Å². The average molecular weight is 340 g/mol. The van der Waals surface area contributed by atoms with Crippen LogP contribution in [0.2, 0.25) is 0 Å². The number of hydrogen-bond acceptors (Lipinski definition) is 2. The van der Waals surface area contributed by atoms with Gasteiger partial charge in [0, 0.05) is 0 Å². The van der Waals surface area contributed by atoms with Gasteiger partial charge in [0.2, 0.25) is 0 Å². The Bertz CT molecular complexity index is 840. The van der Waals surface area contributed by atoms with Crippen LogP contribution in [0.25, 0.3) is 10.8 Å². The van der Waals surface area contributed by atoms with E-state index in [2.05, 4.69) is 30.3 Å². The topological polar surface area (TPSA) is 46.5 Å². The molecule has 124 valence electrons. The fourth-order valence-corrected chi connectivity index (χ4v) is 3.99.